The van der Waals surface area contributed by atoms with E-state index >= 15 is 0 Å². The van der Waals surface area contributed by atoms with Gasteiger partial charge in [0.2, 0.25) is 0 Å². The predicted octanol–water partition coefficient (Wildman–Crippen LogP) is 2.86. The maximum absolute atomic E-state index is 12.7. The molecule has 6 heteroatoms. The third-order valence-corrected chi connectivity index (χ3v) is 2.43. The first-order valence-corrected chi connectivity index (χ1v) is 5.99. The van der Waals surface area contributed by atoms with Crippen LogP contribution in [0.1, 0.15) is 29.3 Å². The zero-order chi connectivity index (χ0) is 14.3. The van der Waals surface area contributed by atoms with Gasteiger partial charge >= 0.3 is 6.18 Å². The van der Waals surface area contributed by atoms with Crippen LogP contribution in [0.3, 0.4) is 0 Å². The van der Waals surface area contributed by atoms with Crippen LogP contribution in [0.15, 0.2) is 24.3 Å². The number of carbonyl (C=O) groups is 1. The average molecular weight is 275 g/mol. The van der Waals surface area contributed by atoms with Gasteiger partial charge in [0, 0.05) is 19.8 Å². The van der Waals surface area contributed by atoms with Crippen molar-refractivity contribution in [3.05, 3.63) is 35.4 Å². The number of alkyl halides is 3. The summed E-state index contributed by atoms with van der Waals surface area (Å²) in [5, 5.41) is 2.45. The fraction of sp³-hybridized carbons (Fsp3) is 0.462. The van der Waals surface area contributed by atoms with Crippen molar-refractivity contribution in [3.63, 3.8) is 0 Å². The van der Waals surface area contributed by atoms with E-state index in [0.717, 1.165) is 6.07 Å². The molecule has 0 aliphatic heterocycles. The lowest BCUT2D eigenvalue weighted by atomic mass is 10.1. The highest BCUT2D eigenvalue weighted by atomic mass is 19.4. The molecule has 1 rings (SSSR count). The summed E-state index contributed by atoms with van der Waals surface area (Å²) in [6, 6.07) is 4.73. The number of carbonyl (C=O) groups excluding carboxylic acids is 1. The second-order valence-electron chi connectivity index (χ2n) is 3.85. The van der Waals surface area contributed by atoms with Gasteiger partial charge in [-0.25, -0.2) is 0 Å². The SMILES string of the molecule is CCOCCCNC(=O)c1ccccc1C(F)(F)F. The van der Waals surface area contributed by atoms with E-state index < -0.39 is 17.6 Å². The molecule has 0 atom stereocenters. The van der Waals surface area contributed by atoms with Gasteiger partial charge in [-0.05, 0) is 25.5 Å². The molecule has 0 fully saturated rings. The maximum atomic E-state index is 12.7. The van der Waals surface area contributed by atoms with Gasteiger partial charge in [-0.3, -0.25) is 4.79 Å². The molecule has 19 heavy (non-hydrogen) atoms. The van der Waals surface area contributed by atoms with E-state index in [1.807, 2.05) is 6.92 Å². The molecule has 0 unspecified atom stereocenters. The minimum Gasteiger partial charge on any atom is -0.382 e. The summed E-state index contributed by atoms with van der Waals surface area (Å²) in [5.41, 5.74) is -1.27. The Morgan fingerprint density at radius 1 is 1.32 bits per heavy atom. The molecular formula is C13H16F3NO2. The molecular weight excluding hydrogens is 259 g/mol. The molecule has 0 heterocycles. The first-order chi connectivity index (χ1) is 8.96. The first kappa shape index (κ1) is 15.5. The molecule has 0 aliphatic carbocycles. The summed E-state index contributed by atoms with van der Waals surface area (Å²) in [5.74, 6) is -0.718. The van der Waals surface area contributed by atoms with Crippen molar-refractivity contribution in [2.45, 2.75) is 19.5 Å². The smallest absolute Gasteiger partial charge is 0.382 e. The van der Waals surface area contributed by atoms with Crippen LogP contribution in [-0.2, 0) is 10.9 Å². The van der Waals surface area contributed by atoms with Crippen LogP contribution in [0.4, 0.5) is 13.2 Å². The Bertz CT molecular complexity index is 419. The van der Waals surface area contributed by atoms with Crippen molar-refractivity contribution in [2.75, 3.05) is 19.8 Å². The number of rotatable bonds is 6. The second-order valence-corrected chi connectivity index (χ2v) is 3.85. The van der Waals surface area contributed by atoms with Gasteiger partial charge in [0.25, 0.3) is 5.91 Å². The van der Waals surface area contributed by atoms with Gasteiger partial charge in [-0.2, -0.15) is 13.2 Å². The summed E-state index contributed by atoms with van der Waals surface area (Å²) >= 11 is 0. The van der Waals surface area contributed by atoms with E-state index in [9.17, 15) is 18.0 Å². The van der Waals surface area contributed by atoms with Crippen molar-refractivity contribution in [1.82, 2.24) is 5.32 Å². The van der Waals surface area contributed by atoms with Crippen molar-refractivity contribution in [3.8, 4) is 0 Å². The van der Waals surface area contributed by atoms with E-state index in [2.05, 4.69) is 5.32 Å². The quantitative estimate of drug-likeness (QED) is 0.811. The molecule has 106 valence electrons. The van der Waals surface area contributed by atoms with E-state index in [-0.39, 0.29) is 12.1 Å². The number of amides is 1. The highest BCUT2D eigenvalue weighted by molar-refractivity contribution is 5.95. The van der Waals surface area contributed by atoms with Gasteiger partial charge in [-0.15, -0.1) is 0 Å². The van der Waals surface area contributed by atoms with E-state index in [1.165, 1.54) is 18.2 Å². The summed E-state index contributed by atoms with van der Waals surface area (Å²) in [6.07, 6.45) is -3.97. The number of nitrogens with one attached hydrogen (secondary N) is 1. The van der Waals surface area contributed by atoms with Crippen molar-refractivity contribution < 1.29 is 22.7 Å². The number of benzene rings is 1. The fourth-order valence-corrected chi connectivity index (χ4v) is 1.54. The molecule has 1 aromatic rings. The molecule has 3 nitrogen and oxygen atoms in total. The van der Waals surface area contributed by atoms with Gasteiger partial charge in [0.15, 0.2) is 0 Å². The normalized spacial score (nSPS) is 11.4. The fourth-order valence-electron chi connectivity index (χ4n) is 1.54. The van der Waals surface area contributed by atoms with Gasteiger partial charge in [0.1, 0.15) is 0 Å². The van der Waals surface area contributed by atoms with Crippen molar-refractivity contribution in [1.29, 1.82) is 0 Å². The Balaban J connectivity index is 2.62. The summed E-state index contributed by atoms with van der Waals surface area (Å²) in [6.45, 7) is 3.17. The third kappa shape index (κ3) is 4.90. The van der Waals surface area contributed by atoms with Crippen LogP contribution in [0, 0.1) is 0 Å². The van der Waals surface area contributed by atoms with Gasteiger partial charge < -0.3 is 10.1 Å². The average Bonchev–Trinajstić information content (AvgIpc) is 2.37. The Labute approximate surface area is 109 Å². The Kier molecular flexibility index (Phi) is 5.82. The minimum absolute atomic E-state index is 0.283. The van der Waals surface area contributed by atoms with Gasteiger partial charge in [-0.1, -0.05) is 12.1 Å². The van der Waals surface area contributed by atoms with Crippen LogP contribution in [0.5, 0.6) is 0 Å². The lowest BCUT2D eigenvalue weighted by molar-refractivity contribution is -0.137. The lowest BCUT2D eigenvalue weighted by Gasteiger charge is -2.12. The zero-order valence-electron chi connectivity index (χ0n) is 10.6. The standard InChI is InChI=1S/C13H16F3NO2/c1-2-19-9-5-8-17-12(18)10-6-3-4-7-11(10)13(14,15)16/h3-4,6-7H,2,5,8-9H2,1H3,(H,17,18). The van der Waals surface area contributed by atoms with E-state index in [0.29, 0.717) is 19.6 Å². The maximum Gasteiger partial charge on any atom is 0.417 e. The first-order valence-electron chi connectivity index (χ1n) is 5.99. The molecule has 1 N–H and O–H groups in total. The van der Waals surface area contributed by atoms with Crippen molar-refractivity contribution in [2.24, 2.45) is 0 Å². The van der Waals surface area contributed by atoms with E-state index in [1.54, 1.807) is 0 Å². The van der Waals surface area contributed by atoms with Crippen LogP contribution in [0.2, 0.25) is 0 Å². The summed E-state index contributed by atoms with van der Waals surface area (Å²) < 4.78 is 43.2. The number of hydrogen-bond donors (Lipinski definition) is 1. The largest absolute Gasteiger partial charge is 0.417 e. The Morgan fingerprint density at radius 2 is 2.00 bits per heavy atom. The molecule has 0 spiro atoms. The molecule has 1 amide bonds. The molecule has 0 aromatic heterocycles. The molecule has 0 saturated heterocycles. The van der Waals surface area contributed by atoms with Crippen molar-refractivity contribution >= 4 is 5.91 Å². The lowest BCUT2D eigenvalue weighted by Crippen LogP contribution is -2.27. The number of ether oxygens (including phenoxy) is 1. The Morgan fingerprint density at radius 3 is 2.63 bits per heavy atom. The van der Waals surface area contributed by atoms with Crippen LogP contribution in [0.25, 0.3) is 0 Å². The molecule has 0 saturated carbocycles. The summed E-state index contributed by atoms with van der Waals surface area (Å²) in [4.78, 5) is 11.7. The molecule has 0 bridgehead atoms. The number of halogens is 3. The molecule has 1 aromatic carbocycles. The molecule has 0 aliphatic rings. The van der Waals surface area contributed by atoms with Crippen LogP contribution in [-0.4, -0.2) is 25.7 Å². The zero-order valence-corrected chi connectivity index (χ0v) is 10.6. The predicted molar refractivity (Wildman–Crippen MR) is 64.9 cm³/mol. The minimum atomic E-state index is -4.53. The highest BCUT2D eigenvalue weighted by Crippen LogP contribution is 2.31. The van der Waals surface area contributed by atoms with E-state index in [4.69, 9.17) is 4.74 Å². The monoisotopic (exact) mass is 275 g/mol. The summed E-state index contributed by atoms with van der Waals surface area (Å²) in [7, 11) is 0. The van der Waals surface area contributed by atoms with Crippen LogP contribution < -0.4 is 5.32 Å². The van der Waals surface area contributed by atoms with Crippen LogP contribution >= 0.6 is 0 Å². The van der Waals surface area contributed by atoms with Gasteiger partial charge in [0.05, 0.1) is 11.1 Å². The molecule has 0 radical (unpaired) electrons. The Hall–Kier alpha value is -1.56. The third-order valence-electron chi connectivity index (χ3n) is 2.43. The topological polar surface area (TPSA) is 38.3 Å². The second kappa shape index (κ2) is 7.13. The number of hydrogen-bond acceptors (Lipinski definition) is 2. The highest BCUT2D eigenvalue weighted by Gasteiger charge is 2.34.